The van der Waals surface area contributed by atoms with Crippen molar-refractivity contribution in [3.8, 4) is 5.75 Å². The summed E-state index contributed by atoms with van der Waals surface area (Å²) in [6.45, 7) is 3.80. The summed E-state index contributed by atoms with van der Waals surface area (Å²) in [5.74, 6) is 2.01. The Balaban J connectivity index is 2.49. The van der Waals surface area contributed by atoms with E-state index in [0.29, 0.717) is 0 Å². The normalized spacial score (nSPS) is 10.3. The van der Waals surface area contributed by atoms with Crippen molar-refractivity contribution < 1.29 is 4.74 Å². The molecule has 0 aliphatic heterocycles. The number of aryl methyl sites for hydroxylation is 1. The van der Waals surface area contributed by atoms with Crippen LogP contribution < -0.4 is 10.1 Å². The molecule has 15 heavy (non-hydrogen) atoms. The van der Waals surface area contributed by atoms with Gasteiger partial charge >= 0.3 is 0 Å². The minimum absolute atomic E-state index is 0.804. The van der Waals surface area contributed by atoms with Gasteiger partial charge < -0.3 is 10.1 Å². The number of ether oxygens (including phenoxy) is 1. The molecular formula is C11H18N2OS. The summed E-state index contributed by atoms with van der Waals surface area (Å²) in [5, 5.41) is 3.34. The van der Waals surface area contributed by atoms with E-state index in [1.165, 1.54) is 0 Å². The molecule has 0 spiro atoms. The molecule has 0 fully saturated rings. The zero-order valence-corrected chi connectivity index (χ0v) is 10.4. The van der Waals surface area contributed by atoms with Crippen LogP contribution in [-0.4, -0.2) is 30.6 Å². The predicted molar refractivity (Wildman–Crippen MR) is 65.6 cm³/mol. The average molecular weight is 226 g/mol. The number of pyridine rings is 1. The zero-order valence-electron chi connectivity index (χ0n) is 9.54. The van der Waals surface area contributed by atoms with E-state index in [-0.39, 0.29) is 0 Å². The molecule has 1 aromatic heterocycles. The van der Waals surface area contributed by atoms with Gasteiger partial charge in [-0.15, -0.1) is 0 Å². The number of rotatable bonds is 6. The lowest BCUT2D eigenvalue weighted by atomic mass is 10.3. The van der Waals surface area contributed by atoms with Gasteiger partial charge in [0.2, 0.25) is 0 Å². The second-order valence-electron chi connectivity index (χ2n) is 3.31. The number of nitrogens with zero attached hydrogens (tertiary/aromatic N) is 1. The monoisotopic (exact) mass is 226 g/mol. The van der Waals surface area contributed by atoms with E-state index in [0.717, 1.165) is 36.0 Å². The Hall–Kier alpha value is -0.740. The molecule has 1 heterocycles. The van der Waals surface area contributed by atoms with E-state index in [1.807, 2.05) is 30.8 Å². The molecule has 1 rings (SSSR count). The molecule has 4 heteroatoms. The van der Waals surface area contributed by atoms with Crippen molar-refractivity contribution in [2.24, 2.45) is 0 Å². The van der Waals surface area contributed by atoms with Crippen LogP contribution in [0.15, 0.2) is 12.1 Å². The number of aromatic nitrogens is 1. The summed E-state index contributed by atoms with van der Waals surface area (Å²) in [7, 11) is 1.68. The molecule has 0 saturated carbocycles. The fourth-order valence-corrected chi connectivity index (χ4v) is 1.65. The van der Waals surface area contributed by atoms with Gasteiger partial charge in [-0.3, -0.25) is 4.98 Å². The van der Waals surface area contributed by atoms with Crippen LogP contribution in [0, 0.1) is 6.92 Å². The van der Waals surface area contributed by atoms with Crippen LogP contribution in [0.3, 0.4) is 0 Å². The van der Waals surface area contributed by atoms with Crippen molar-refractivity contribution in [3.63, 3.8) is 0 Å². The van der Waals surface area contributed by atoms with E-state index < -0.39 is 0 Å². The third-order valence-electron chi connectivity index (χ3n) is 2.00. The van der Waals surface area contributed by atoms with Gasteiger partial charge in [-0.2, -0.15) is 11.8 Å². The van der Waals surface area contributed by atoms with Crippen LogP contribution in [0.4, 0.5) is 0 Å². The highest BCUT2D eigenvalue weighted by Crippen LogP contribution is 2.12. The van der Waals surface area contributed by atoms with Crippen molar-refractivity contribution in [2.75, 3.05) is 25.7 Å². The average Bonchev–Trinajstić information content (AvgIpc) is 2.23. The third-order valence-corrected chi connectivity index (χ3v) is 2.62. The molecule has 0 atom stereocenters. The molecule has 0 amide bonds. The van der Waals surface area contributed by atoms with Crippen LogP contribution in [0.2, 0.25) is 0 Å². The lowest BCUT2D eigenvalue weighted by Crippen LogP contribution is -2.17. The topological polar surface area (TPSA) is 34.1 Å². The molecule has 0 saturated heterocycles. The highest BCUT2D eigenvalue weighted by Gasteiger charge is 1.99. The quantitative estimate of drug-likeness (QED) is 0.751. The van der Waals surface area contributed by atoms with Gasteiger partial charge in [0.1, 0.15) is 5.75 Å². The first-order valence-electron chi connectivity index (χ1n) is 4.97. The first kappa shape index (κ1) is 12.3. The van der Waals surface area contributed by atoms with Crippen molar-refractivity contribution >= 4 is 11.8 Å². The Morgan fingerprint density at radius 3 is 2.93 bits per heavy atom. The SMILES string of the molecule is COc1cc(C)nc(CNCCSC)c1. The first-order valence-corrected chi connectivity index (χ1v) is 6.37. The molecule has 1 N–H and O–H groups in total. The van der Waals surface area contributed by atoms with Gasteiger partial charge in [0.05, 0.1) is 12.8 Å². The van der Waals surface area contributed by atoms with Gasteiger partial charge in [0, 0.05) is 36.7 Å². The fraction of sp³-hybridized carbons (Fsp3) is 0.545. The molecule has 0 radical (unpaired) electrons. The lowest BCUT2D eigenvalue weighted by Gasteiger charge is -2.06. The van der Waals surface area contributed by atoms with Crippen molar-refractivity contribution in [3.05, 3.63) is 23.5 Å². The first-order chi connectivity index (χ1) is 7.26. The van der Waals surface area contributed by atoms with E-state index in [9.17, 15) is 0 Å². The minimum Gasteiger partial charge on any atom is -0.497 e. The molecular weight excluding hydrogens is 208 g/mol. The molecule has 0 aliphatic rings. The maximum Gasteiger partial charge on any atom is 0.122 e. The standard InChI is InChI=1S/C11H18N2OS/c1-9-6-11(14-2)7-10(13-9)8-12-4-5-15-3/h6-7,12H,4-5,8H2,1-3H3. The van der Waals surface area contributed by atoms with Crippen molar-refractivity contribution in [2.45, 2.75) is 13.5 Å². The highest BCUT2D eigenvalue weighted by atomic mass is 32.2. The molecule has 0 aromatic carbocycles. The maximum atomic E-state index is 5.19. The summed E-state index contributed by atoms with van der Waals surface area (Å²) in [5.41, 5.74) is 2.03. The van der Waals surface area contributed by atoms with Gasteiger partial charge in [0.15, 0.2) is 0 Å². The Labute approximate surface area is 95.6 Å². The molecule has 0 aliphatic carbocycles. The van der Waals surface area contributed by atoms with Crippen molar-refractivity contribution in [1.29, 1.82) is 0 Å². The summed E-state index contributed by atoms with van der Waals surface area (Å²) in [6.07, 6.45) is 2.11. The largest absolute Gasteiger partial charge is 0.497 e. The highest BCUT2D eigenvalue weighted by molar-refractivity contribution is 7.98. The molecule has 1 aromatic rings. The molecule has 3 nitrogen and oxygen atoms in total. The van der Waals surface area contributed by atoms with Gasteiger partial charge in [0.25, 0.3) is 0 Å². The third kappa shape index (κ3) is 4.53. The Bertz CT molecular complexity index is 305. The predicted octanol–water partition coefficient (Wildman–Crippen LogP) is 1.85. The van der Waals surface area contributed by atoms with E-state index in [2.05, 4.69) is 16.6 Å². The summed E-state index contributed by atoms with van der Waals surface area (Å²) < 4.78 is 5.19. The maximum absolute atomic E-state index is 5.19. The Morgan fingerprint density at radius 1 is 1.47 bits per heavy atom. The number of hydrogen-bond donors (Lipinski definition) is 1. The van der Waals surface area contributed by atoms with Crippen LogP contribution in [0.1, 0.15) is 11.4 Å². The van der Waals surface area contributed by atoms with E-state index in [4.69, 9.17) is 4.74 Å². The Morgan fingerprint density at radius 2 is 2.27 bits per heavy atom. The second-order valence-corrected chi connectivity index (χ2v) is 4.29. The number of methoxy groups -OCH3 is 1. The van der Waals surface area contributed by atoms with Gasteiger partial charge in [-0.05, 0) is 13.2 Å². The van der Waals surface area contributed by atoms with E-state index in [1.54, 1.807) is 7.11 Å². The smallest absolute Gasteiger partial charge is 0.122 e. The number of thioether (sulfide) groups is 1. The summed E-state index contributed by atoms with van der Waals surface area (Å²) in [4.78, 5) is 4.43. The minimum atomic E-state index is 0.804. The van der Waals surface area contributed by atoms with Gasteiger partial charge in [-0.25, -0.2) is 0 Å². The van der Waals surface area contributed by atoms with Crippen molar-refractivity contribution in [1.82, 2.24) is 10.3 Å². The van der Waals surface area contributed by atoms with Crippen LogP contribution in [0.25, 0.3) is 0 Å². The number of hydrogen-bond acceptors (Lipinski definition) is 4. The van der Waals surface area contributed by atoms with Crippen LogP contribution in [0.5, 0.6) is 5.75 Å². The lowest BCUT2D eigenvalue weighted by molar-refractivity contribution is 0.412. The molecule has 0 unspecified atom stereocenters. The fourth-order valence-electron chi connectivity index (χ4n) is 1.30. The van der Waals surface area contributed by atoms with E-state index >= 15 is 0 Å². The molecule has 0 bridgehead atoms. The zero-order chi connectivity index (χ0) is 11.1. The summed E-state index contributed by atoms with van der Waals surface area (Å²) in [6, 6.07) is 3.91. The van der Waals surface area contributed by atoms with Gasteiger partial charge in [-0.1, -0.05) is 0 Å². The Kier molecular flexibility index (Phi) is 5.50. The molecule has 84 valence electrons. The number of nitrogens with one attached hydrogen (secondary N) is 1. The second kappa shape index (κ2) is 6.69. The van der Waals surface area contributed by atoms with Crippen LogP contribution in [-0.2, 0) is 6.54 Å². The summed E-state index contributed by atoms with van der Waals surface area (Å²) >= 11 is 1.84. The van der Waals surface area contributed by atoms with Crippen LogP contribution >= 0.6 is 11.8 Å².